The third kappa shape index (κ3) is 6.13. The molecule has 1 saturated heterocycles. The Morgan fingerprint density at radius 2 is 2.06 bits per heavy atom. The summed E-state index contributed by atoms with van der Waals surface area (Å²) in [5.74, 6) is 0.402. The van der Waals surface area contributed by atoms with E-state index in [9.17, 15) is 8.78 Å². The van der Waals surface area contributed by atoms with E-state index in [0.717, 1.165) is 44.8 Å². The summed E-state index contributed by atoms with van der Waals surface area (Å²) < 4.78 is 35.2. The van der Waals surface area contributed by atoms with Crippen LogP contribution >= 0.6 is 0 Å². The van der Waals surface area contributed by atoms with Gasteiger partial charge >= 0.3 is 6.61 Å². The van der Waals surface area contributed by atoms with Crippen LogP contribution in [0.15, 0.2) is 24.0 Å². The van der Waals surface area contributed by atoms with Gasteiger partial charge in [0.1, 0.15) is 0 Å². The number of halogens is 2. The lowest BCUT2D eigenvalue weighted by atomic mass is 9.92. The van der Waals surface area contributed by atoms with Crippen molar-refractivity contribution in [3.63, 3.8) is 0 Å². The van der Waals surface area contributed by atoms with E-state index in [1.165, 1.54) is 12.3 Å². The zero-order valence-electron chi connectivity index (χ0n) is 18.4. The molecule has 1 aliphatic carbocycles. The van der Waals surface area contributed by atoms with Gasteiger partial charge in [-0.2, -0.15) is 8.78 Å². The predicted molar refractivity (Wildman–Crippen MR) is 117 cm³/mol. The number of hydrogen-bond donors (Lipinski definition) is 3. The van der Waals surface area contributed by atoms with Gasteiger partial charge in [-0.15, -0.1) is 0 Å². The van der Waals surface area contributed by atoms with Gasteiger partial charge in [0.2, 0.25) is 0 Å². The molecule has 3 rings (SSSR count). The first-order chi connectivity index (χ1) is 14.7. The zero-order valence-corrected chi connectivity index (χ0v) is 18.4. The lowest BCUT2D eigenvalue weighted by molar-refractivity contribution is -0.0495. The Morgan fingerprint density at radius 3 is 2.71 bits per heavy atom. The number of aromatic nitrogens is 1. The van der Waals surface area contributed by atoms with Gasteiger partial charge in [0.05, 0.1) is 18.9 Å². The summed E-state index contributed by atoms with van der Waals surface area (Å²) in [7, 11) is 0. The van der Waals surface area contributed by atoms with E-state index in [1.54, 1.807) is 6.08 Å². The second-order valence-electron chi connectivity index (χ2n) is 8.66. The number of nitrogens with zero attached hydrogens (tertiary/aromatic N) is 2. The van der Waals surface area contributed by atoms with Crippen LogP contribution in [0.5, 0.6) is 5.75 Å². The van der Waals surface area contributed by atoms with Crippen LogP contribution in [-0.4, -0.2) is 60.6 Å². The van der Waals surface area contributed by atoms with Crippen LogP contribution in [-0.2, 0) is 4.74 Å². The minimum absolute atomic E-state index is 0.126. The number of nitrogen functional groups attached to an aromatic ring is 1. The molecule has 0 aromatic carbocycles. The fourth-order valence-corrected chi connectivity index (χ4v) is 4.51. The number of nitrogens with one attached hydrogen (secondary N) is 2. The summed E-state index contributed by atoms with van der Waals surface area (Å²) in [5.41, 5.74) is 7.18. The summed E-state index contributed by atoms with van der Waals surface area (Å²) in [6, 6.07) is 2.05. The average molecular weight is 438 g/mol. The average Bonchev–Trinajstić information content (AvgIpc) is 3.10. The minimum Gasteiger partial charge on any atom is -0.431 e. The van der Waals surface area contributed by atoms with Gasteiger partial charge in [0.25, 0.3) is 0 Å². The number of rotatable bonds is 8. The number of ether oxygens (including phenoxy) is 2. The number of nitrogens with two attached hydrogens (primary N) is 1. The number of hydrogen-bond acceptors (Lipinski definition) is 7. The van der Waals surface area contributed by atoms with Gasteiger partial charge in [0, 0.05) is 48.5 Å². The molecule has 0 spiro atoms. The van der Waals surface area contributed by atoms with E-state index in [1.807, 2.05) is 0 Å². The van der Waals surface area contributed by atoms with Crippen molar-refractivity contribution in [1.29, 1.82) is 5.41 Å². The fourth-order valence-electron chi connectivity index (χ4n) is 4.51. The maximum absolute atomic E-state index is 12.6. The lowest BCUT2D eigenvalue weighted by Crippen LogP contribution is -2.42. The van der Waals surface area contributed by atoms with Crippen molar-refractivity contribution in [3.05, 3.63) is 29.6 Å². The number of allylic oxidation sites excluding steroid dienone is 2. The Labute approximate surface area is 182 Å². The van der Waals surface area contributed by atoms with E-state index >= 15 is 0 Å². The molecule has 9 heteroatoms. The Hall–Kier alpha value is -2.26. The molecule has 4 N–H and O–H groups in total. The second kappa shape index (κ2) is 10.4. The molecule has 1 aromatic rings. The van der Waals surface area contributed by atoms with Crippen LogP contribution < -0.4 is 15.8 Å². The first-order valence-electron chi connectivity index (χ1n) is 10.8. The Kier molecular flexibility index (Phi) is 7.83. The van der Waals surface area contributed by atoms with E-state index in [4.69, 9.17) is 15.9 Å². The molecule has 0 radical (unpaired) electrons. The highest BCUT2D eigenvalue weighted by atomic mass is 19.3. The molecular weight excluding hydrogens is 404 g/mol. The molecule has 0 amide bonds. The minimum atomic E-state index is -3.00. The molecule has 1 aromatic heterocycles. The topological polar surface area (TPSA) is 96.5 Å². The number of pyridine rings is 1. The molecule has 1 aliphatic heterocycles. The van der Waals surface area contributed by atoms with Gasteiger partial charge in [-0.3, -0.25) is 4.90 Å². The zero-order chi connectivity index (χ0) is 22.5. The number of morpholine rings is 1. The summed E-state index contributed by atoms with van der Waals surface area (Å²) in [6.07, 6.45) is 5.32. The maximum atomic E-state index is 12.6. The summed E-state index contributed by atoms with van der Waals surface area (Å²) in [6.45, 7) is 6.86. The van der Waals surface area contributed by atoms with E-state index in [0.29, 0.717) is 17.5 Å². The SMILES string of the molecule is CC(C)N/C(=C\C(=N)c1cnc(N)c(OC(F)F)c1)[C@@H]1C[C@@H](N2CCOCC2)C[C@@H]1C. The third-order valence-corrected chi connectivity index (χ3v) is 5.98. The smallest absolute Gasteiger partial charge is 0.387 e. The molecule has 0 unspecified atom stereocenters. The normalized spacial score (nSPS) is 25.3. The molecule has 1 saturated carbocycles. The number of anilines is 1. The highest BCUT2D eigenvalue weighted by Crippen LogP contribution is 2.39. The molecule has 172 valence electrons. The van der Waals surface area contributed by atoms with Gasteiger partial charge < -0.3 is 25.9 Å². The molecule has 2 aliphatic rings. The van der Waals surface area contributed by atoms with Crippen LogP contribution in [0.1, 0.15) is 39.2 Å². The standard InChI is InChI=1S/C22H33F2N5O2/c1-13(2)28-19(17-10-16(8-14(17)3)29-4-6-30-7-5-29)11-18(25)15-9-20(31-22(23)24)21(26)27-12-15/h9,11-14,16-17,22,25,28H,4-8,10H2,1-3H3,(H2,26,27)/b19-11-,25-18?/t14-,16-,17+/m0/s1. The summed E-state index contributed by atoms with van der Waals surface area (Å²) in [4.78, 5) is 6.43. The predicted octanol–water partition coefficient (Wildman–Crippen LogP) is 3.26. The molecule has 31 heavy (non-hydrogen) atoms. The van der Waals surface area contributed by atoms with Crippen molar-refractivity contribution in [1.82, 2.24) is 15.2 Å². The summed E-state index contributed by atoms with van der Waals surface area (Å²) in [5, 5.41) is 12.1. The Morgan fingerprint density at radius 1 is 1.35 bits per heavy atom. The van der Waals surface area contributed by atoms with Crippen LogP contribution in [0.2, 0.25) is 0 Å². The van der Waals surface area contributed by atoms with Crippen molar-refractivity contribution in [2.45, 2.75) is 52.3 Å². The third-order valence-electron chi connectivity index (χ3n) is 5.98. The van der Waals surface area contributed by atoms with Crippen molar-refractivity contribution < 1.29 is 18.3 Å². The van der Waals surface area contributed by atoms with Crippen molar-refractivity contribution >= 4 is 11.5 Å². The number of alkyl halides is 2. The van der Waals surface area contributed by atoms with Gasteiger partial charge in [-0.05, 0) is 44.7 Å². The van der Waals surface area contributed by atoms with E-state index in [2.05, 4.69) is 40.7 Å². The first kappa shape index (κ1) is 23.4. The summed E-state index contributed by atoms with van der Waals surface area (Å²) >= 11 is 0. The van der Waals surface area contributed by atoms with Gasteiger partial charge in [0.15, 0.2) is 11.6 Å². The van der Waals surface area contributed by atoms with Crippen molar-refractivity contribution in [3.8, 4) is 5.75 Å². The highest BCUT2D eigenvalue weighted by molar-refractivity contribution is 6.07. The fraction of sp³-hybridized carbons (Fsp3) is 0.636. The second-order valence-corrected chi connectivity index (χ2v) is 8.66. The van der Waals surface area contributed by atoms with Crippen LogP contribution in [0.4, 0.5) is 14.6 Å². The van der Waals surface area contributed by atoms with Crippen LogP contribution in [0.3, 0.4) is 0 Å². The first-order valence-corrected chi connectivity index (χ1v) is 10.8. The van der Waals surface area contributed by atoms with Crippen LogP contribution in [0.25, 0.3) is 0 Å². The Balaban J connectivity index is 1.80. The van der Waals surface area contributed by atoms with E-state index < -0.39 is 6.61 Å². The molecule has 2 fully saturated rings. The largest absolute Gasteiger partial charge is 0.431 e. The van der Waals surface area contributed by atoms with Crippen molar-refractivity contribution in [2.24, 2.45) is 11.8 Å². The van der Waals surface area contributed by atoms with Gasteiger partial charge in [-0.1, -0.05) is 6.92 Å². The quantitative estimate of drug-likeness (QED) is 0.540. The molecule has 0 bridgehead atoms. The molecular formula is C22H33F2N5O2. The monoisotopic (exact) mass is 437 g/mol. The highest BCUT2D eigenvalue weighted by Gasteiger charge is 2.37. The van der Waals surface area contributed by atoms with Crippen LogP contribution in [0, 0.1) is 17.2 Å². The van der Waals surface area contributed by atoms with E-state index in [-0.39, 0.29) is 29.2 Å². The lowest BCUT2D eigenvalue weighted by Gasteiger charge is -2.32. The molecule has 7 nitrogen and oxygen atoms in total. The molecule has 3 atom stereocenters. The van der Waals surface area contributed by atoms with Crippen molar-refractivity contribution in [2.75, 3.05) is 32.0 Å². The molecule has 2 heterocycles. The maximum Gasteiger partial charge on any atom is 0.387 e. The van der Waals surface area contributed by atoms with Gasteiger partial charge in [-0.25, -0.2) is 4.98 Å². The Bertz CT molecular complexity index is 796.